The second-order valence-corrected chi connectivity index (χ2v) is 11.0. The van der Waals surface area contributed by atoms with Crippen LogP contribution in [0.4, 0.5) is 35.1 Å². The van der Waals surface area contributed by atoms with Crippen LogP contribution in [0.5, 0.6) is 0 Å². The fraction of sp³-hybridized carbons (Fsp3) is 0.500. The van der Waals surface area contributed by atoms with Crippen molar-refractivity contribution in [1.29, 1.82) is 0 Å². The first kappa shape index (κ1) is 27.4. The van der Waals surface area contributed by atoms with Gasteiger partial charge in [0.1, 0.15) is 10.6 Å². The second-order valence-electron chi connectivity index (χ2n) is 8.75. The van der Waals surface area contributed by atoms with E-state index in [4.69, 9.17) is 0 Å². The van der Waals surface area contributed by atoms with Crippen molar-refractivity contribution >= 4 is 9.84 Å². The van der Waals surface area contributed by atoms with Gasteiger partial charge < -0.3 is 0 Å². The highest BCUT2D eigenvalue weighted by atomic mass is 32.2. The molecule has 2 unspecified atom stereocenters. The summed E-state index contributed by atoms with van der Waals surface area (Å²) in [5.74, 6) is -1.18. The summed E-state index contributed by atoms with van der Waals surface area (Å²) in [6.07, 6.45) is -11.4. The van der Waals surface area contributed by atoms with Crippen LogP contribution in [0.1, 0.15) is 56.2 Å². The Balaban J connectivity index is 2.31. The minimum absolute atomic E-state index is 0.0136. The lowest BCUT2D eigenvalue weighted by molar-refractivity contribution is -0.348. The van der Waals surface area contributed by atoms with E-state index in [1.807, 2.05) is 6.92 Å². The van der Waals surface area contributed by atoms with E-state index in [1.54, 1.807) is 6.92 Å². The van der Waals surface area contributed by atoms with E-state index in [9.17, 15) is 43.5 Å². The first-order valence-electron chi connectivity index (χ1n) is 11.0. The monoisotopic (exact) mass is 528 g/mol. The SMILES string of the molecule is CCCC1CCc2cc(C(F)(C(F)(F)F)C(F)(F)F)ccc2C1(CC)S(=O)(=O)c1ccc(F)cc1. The average Bonchev–Trinajstić information content (AvgIpc) is 2.77. The average molecular weight is 529 g/mol. The highest BCUT2D eigenvalue weighted by molar-refractivity contribution is 7.92. The van der Waals surface area contributed by atoms with Gasteiger partial charge in [-0.25, -0.2) is 17.2 Å². The van der Waals surface area contributed by atoms with Gasteiger partial charge in [0.15, 0.2) is 9.84 Å². The van der Waals surface area contributed by atoms with E-state index in [0.29, 0.717) is 25.0 Å². The lowest BCUT2D eigenvalue weighted by atomic mass is 9.70. The second kappa shape index (κ2) is 9.05. The van der Waals surface area contributed by atoms with E-state index in [2.05, 4.69) is 0 Å². The first-order chi connectivity index (χ1) is 16.1. The van der Waals surface area contributed by atoms with E-state index in [0.717, 1.165) is 30.3 Å². The van der Waals surface area contributed by atoms with Gasteiger partial charge in [-0.05, 0) is 67.0 Å². The zero-order chi connectivity index (χ0) is 26.4. The van der Waals surface area contributed by atoms with Gasteiger partial charge in [-0.3, -0.25) is 0 Å². The van der Waals surface area contributed by atoms with Crippen molar-refractivity contribution in [2.75, 3.05) is 0 Å². The third kappa shape index (κ3) is 4.13. The maximum atomic E-state index is 14.7. The van der Waals surface area contributed by atoms with Crippen molar-refractivity contribution in [3.63, 3.8) is 0 Å². The molecule has 194 valence electrons. The predicted molar refractivity (Wildman–Crippen MR) is 114 cm³/mol. The van der Waals surface area contributed by atoms with E-state index < -0.39 is 49.9 Å². The topological polar surface area (TPSA) is 34.1 Å². The molecule has 0 fully saturated rings. The first-order valence-corrected chi connectivity index (χ1v) is 12.5. The number of fused-ring (bicyclic) bond motifs is 1. The Morgan fingerprint density at radius 3 is 1.97 bits per heavy atom. The molecule has 1 aliphatic rings. The van der Waals surface area contributed by atoms with Crippen molar-refractivity contribution in [1.82, 2.24) is 0 Å². The normalized spacial score (nSPS) is 21.6. The molecule has 0 bridgehead atoms. The quantitative estimate of drug-likeness (QED) is 0.287. The fourth-order valence-electron chi connectivity index (χ4n) is 5.28. The number of hydrogen-bond donors (Lipinski definition) is 0. The van der Waals surface area contributed by atoms with Crippen LogP contribution in [0, 0.1) is 11.7 Å². The Bertz CT molecular complexity index is 1160. The Kier molecular flexibility index (Phi) is 7.09. The predicted octanol–water partition coefficient (Wildman–Crippen LogP) is 7.56. The number of aryl methyl sites for hydroxylation is 1. The zero-order valence-corrected chi connectivity index (χ0v) is 19.7. The van der Waals surface area contributed by atoms with Crippen molar-refractivity contribution < 1.29 is 43.5 Å². The van der Waals surface area contributed by atoms with Gasteiger partial charge in [-0.2, -0.15) is 26.3 Å². The molecule has 0 radical (unpaired) electrons. The van der Waals surface area contributed by atoms with Crippen molar-refractivity contribution in [2.45, 2.75) is 73.6 Å². The molecule has 0 saturated carbocycles. The molecule has 11 heteroatoms. The van der Waals surface area contributed by atoms with Crippen molar-refractivity contribution in [3.8, 4) is 0 Å². The Hall–Kier alpha value is -2.17. The molecule has 0 spiro atoms. The molecule has 1 aliphatic carbocycles. The molecule has 2 atom stereocenters. The summed E-state index contributed by atoms with van der Waals surface area (Å²) in [6.45, 7) is 3.39. The molecular formula is C24H24F8O2S. The minimum atomic E-state index is -6.28. The van der Waals surface area contributed by atoms with Crippen LogP contribution in [0.3, 0.4) is 0 Å². The third-order valence-electron chi connectivity index (χ3n) is 6.93. The van der Waals surface area contributed by atoms with Gasteiger partial charge >= 0.3 is 18.0 Å². The van der Waals surface area contributed by atoms with Crippen LogP contribution >= 0.6 is 0 Å². The molecule has 3 rings (SSSR count). The van der Waals surface area contributed by atoms with Crippen molar-refractivity contribution in [2.24, 2.45) is 5.92 Å². The van der Waals surface area contributed by atoms with Crippen molar-refractivity contribution in [3.05, 3.63) is 65.0 Å². The van der Waals surface area contributed by atoms with Crippen LogP contribution in [0.2, 0.25) is 0 Å². The maximum Gasteiger partial charge on any atom is 0.435 e. The number of rotatable bonds is 6. The number of benzene rings is 2. The van der Waals surface area contributed by atoms with Gasteiger partial charge in [-0.1, -0.05) is 38.5 Å². The highest BCUT2D eigenvalue weighted by Crippen LogP contribution is 2.56. The van der Waals surface area contributed by atoms with Gasteiger partial charge in [0.2, 0.25) is 0 Å². The molecule has 0 saturated heterocycles. The zero-order valence-electron chi connectivity index (χ0n) is 18.9. The third-order valence-corrected chi connectivity index (χ3v) is 9.62. The van der Waals surface area contributed by atoms with Crippen LogP contribution in [-0.2, 0) is 26.7 Å². The molecule has 0 amide bonds. The number of alkyl halides is 7. The molecule has 35 heavy (non-hydrogen) atoms. The summed E-state index contributed by atoms with van der Waals surface area (Å²) in [4.78, 5) is -0.218. The van der Waals surface area contributed by atoms with Crippen LogP contribution in [0.25, 0.3) is 0 Å². The lowest BCUT2D eigenvalue weighted by Crippen LogP contribution is -2.51. The summed E-state index contributed by atoms with van der Waals surface area (Å²) in [7, 11) is -4.29. The number of hydrogen-bond acceptors (Lipinski definition) is 2. The van der Waals surface area contributed by atoms with Gasteiger partial charge in [0.25, 0.3) is 0 Å². The molecular weight excluding hydrogens is 504 g/mol. The molecule has 0 N–H and O–H groups in total. The van der Waals surface area contributed by atoms with E-state index in [-0.39, 0.29) is 35.3 Å². The molecule has 0 heterocycles. The van der Waals surface area contributed by atoms with Crippen LogP contribution in [-0.4, -0.2) is 20.8 Å². The molecule has 0 aliphatic heterocycles. The summed E-state index contributed by atoms with van der Waals surface area (Å²) in [5.41, 5.74) is -7.29. The summed E-state index contributed by atoms with van der Waals surface area (Å²) < 4.78 is 134. The number of sulfone groups is 1. The Labute approximate surface area is 198 Å². The molecule has 2 nitrogen and oxygen atoms in total. The Morgan fingerprint density at radius 1 is 0.914 bits per heavy atom. The largest absolute Gasteiger partial charge is 0.435 e. The summed E-state index contributed by atoms with van der Waals surface area (Å²) in [6, 6.07) is 5.82. The standard InChI is InChI=1S/C24H24F8O2S/c1-3-5-16-7-6-15-14-17(22(26,23(27,28)29)24(30,31)32)8-13-20(15)21(16,4-2)35(33,34)19-11-9-18(25)10-12-19/h8-14,16H,3-7H2,1-2H3. The van der Waals surface area contributed by atoms with Gasteiger partial charge in [-0.15, -0.1) is 0 Å². The lowest BCUT2D eigenvalue weighted by Gasteiger charge is -2.45. The summed E-state index contributed by atoms with van der Waals surface area (Å²) >= 11 is 0. The molecule has 2 aromatic rings. The van der Waals surface area contributed by atoms with Gasteiger partial charge in [0.05, 0.1) is 4.90 Å². The Morgan fingerprint density at radius 2 is 1.49 bits per heavy atom. The maximum absolute atomic E-state index is 14.7. The highest BCUT2D eigenvalue weighted by Gasteiger charge is 2.73. The molecule has 2 aromatic carbocycles. The minimum Gasteiger partial charge on any atom is -0.223 e. The molecule has 0 aromatic heterocycles. The number of halogens is 8. The van der Waals surface area contributed by atoms with E-state index in [1.165, 1.54) is 0 Å². The van der Waals surface area contributed by atoms with Gasteiger partial charge in [0, 0.05) is 5.56 Å². The fourth-order valence-corrected chi connectivity index (χ4v) is 7.74. The summed E-state index contributed by atoms with van der Waals surface area (Å²) in [5, 5.41) is 0. The van der Waals surface area contributed by atoms with E-state index >= 15 is 0 Å². The van der Waals surface area contributed by atoms with Crippen LogP contribution < -0.4 is 0 Å². The van der Waals surface area contributed by atoms with Crippen LogP contribution in [0.15, 0.2) is 47.4 Å². The smallest absolute Gasteiger partial charge is 0.223 e.